The predicted octanol–water partition coefficient (Wildman–Crippen LogP) is 2.55. The maximum absolute atomic E-state index is 12.2. The molecule has 0 bridgehead atoms. The number of likely N-dealkylation sites (tertiary alicyclic amines) is 1. The molecule has 1 fully saturated rings. The van der Waals surface area contributed by atoms with Gasteiger partial charge in [0.25, 0.3) is 5.91 Å². The quantitative estimate of drug-likeness (QED) is 0.467. The van der Waals surface area contributed by atoms with E-state index in [1.165, 1.54) is 6.08 Å². The van der Waals surface area contributed by atoms with Crippen LogP contribution >= 0.6 is 0 Å². The monoisotopic (exact) mass is 342 g/mol. The third-order valence-electron chi connectivity index (χ3n) is 4.22. The lowest BCUT2D eigenvalue weighted by Gasteiger charge is -2.33. The van der Waals surface area contributed by atoms with Gasteiger partial charge in [0.2, 0.25) is 0 Å². The summed E-state index contributed by atoms with van der Waals surface area (Å²) >= 11 is 0. The smallest absolute Gasteiger partial charge is 0.349 e. The first-order chi connectivity index (χ1) is 12.0. The highest BCUT2D eigenvalue weighted by atomic mass is 16.5. The Kier molecular flexibility index (Phi) is 6.58. The molecular weight excluding hydrogens is 320 g/mol. The first kappa shape index (κ1) is 18.5. The number of rotatable bonds is 5. The molecule has 0 saturated carbocycles. The van der Waals surface area contributed by atoms with Crippen LogP contribution in [0.2, 0.25) is 0 Å². The lowest BCUT2D eigenvalue weighted by Crippen LogP contribution is -2.44. The van der Waals surface area contributed by atoms with Gasteiger partial charge in [-0.1, -0.05) is 12.1 Å². The highest BCUT2D eigenvalue weighted by Gasteiger charge is 2.24. The van der Waals surface area contributed by atoms with E-state index in [1.54, 1.807) is 36.3 Å². The molecule has 0 unspecified atom stereocenters. The van der Waals surface area contributed by atoms with Crippen molar-refractivity contribution in [3.05, 3.63) is 35.4 Å². The third-order valence-corrected chi connectivity index (χ3v) is 4.22. The molecule has 1 aliphatic rings. The van der Waals surface area contributed by atoms with E-state index in [0.717, 1.165) is 19.3 Å². The van der Waals surface area contributed by atoms with Crippen molar-refractivity contribution in [2.45, 2.75) is 32.2 Å². The summed E-state index contributed by atoms with van der Waals surface area (Å²) in [4.78, 5) is 26.0. The summed E-state index contributed by atoms with van der Waals surface area (Å²) in [6, 6.07) is 8.89. The third kappa shape index (κ3) is 5.08. The maximum Gasteiger partial charge on any atom is 0.349 e. The van der Waals surface area contributed by atoms with Crippen molar-refractivity contribution in [2.24, 2.45) is 0 Å². The van der Waals surface area contributed by atoms with Gasteiger partial charge >= 0.3 is 5.97 Å². The minimum absolute atomic E-state index is 0.148. The fraction of sp³-hybridized carbons (Fsp3) is 0.421. The standard InChI is InChI=1S/C19H22N2O4/c1-14-5-3-4-10-21(14)18(22)13-25-19(23)16(12-20)11-15-6-8-17(24-2)9-7-15/h6-9,11,14H,3-5,10,13H2,1-2H3/b16-11+/t14-/m1/s1. The van der Waals surface area contributed by atoms with Crippen LogP contribution in [0.4, 0.5) is 0 Å². The Labute approximate surface area is 147 Å². The number of amides is 1. The number of methoxy groups -OCH3 is 1. The first-order valence-electron chi connectivity index (χ1n) is 8.27. The average Bonchev–Trinajstić information content (AvgIpc) is 2.64. The van der Waals surface area contributed by atoms with Gasteiger partial charge in [-0.15, -0.1) is 0 Å². The van der Waals surface area contributed by atoms with Crippen LogP contribution in [0, 0.1) is 11.3 Å². The molecule has 132 valence electrons. The summed E-state index contributed by atoms with van der Waals surface area (Å²) < 4.78 is 10.1. The SMILES string of the molecule is COc1ccc(/C=C(\C#N)C(=O)OCC(=O)N2CCCC[C@H]2C)cc1. The largest absolute Gasteiger partial charge is 0.497 e. The van der Waals surface area contributed by atoms with Gasteiger partial charge in [0.1, 0.15) is 17.4 Å². The molecule has 1 amide bonds. The van der Waals surface area contributed by atoms with E-state index < -0.39 is 5.97 Å². The van der Waals surface area contributed by atoms with Crippen LogP contribution in [-0.2, 0) is 14.3 Å². The van der Waals surface area contributed by atoms with E-state index in [1.807, 2.05) is 13.0 Å². The van der Waals surface area contributed by atoms with Crippen LogP contribution in [-0.4, -0.2) is 43.1 Å². The van der Waals surface area contributed by atoms with Crippen molar-refractivity contribution >= 4 is 18.0 Å². The lowest BCUT2D eigenvalue weighted by molar-refractivity contribution is -0.150. The Hall–Kier alpha value is -2.81. The molecular formula is C19H22N2O4. The van der Waals surface area contributed by atoms with E-state index in [0.29, 0.717) is 17.9 Å². The Morgan fingerprint density at radius 3 is 2.64 bits per heavy atom. The molecule has 0 N–H and O–H groups in total. The summed E-state index contributed by atoms with van der Waals surface area (Å²) in [5, 5.41) is 9.18. The fourth-order valence-corrected chi connectivity index (χ4v) is 2.76. The second-order valence-electron chi connectivity index (χ2n) is 5.95. The van der Waals surface area contributed by atoms with E-state index in [4.69, 9.17) is 9.47 Å². The minimum Gasteiger partial charge on any atom is -0.497 e. The molecule has 0 spiro atoms. The molecule has 2 rings (SSSR count). The van der Waals surface area contributed by atoms with Crippen molar-refractivity contribution in [2.75, 3.05) is 20.3 Å². The number of hydrogen-bond donors (Lipinski definition) is 0. The first-order valence-corrected chi connectivity index (χ1v) is 8.27. The number of benzene rings is 1. The van der Waals surface area contributed by atoms with Gasteiger partial charge in [-0.25, -0.2) is 4.79 Å². The predicted molar refractivity (Wildman–Crippen MR) is 92.6 cm³/mol. The van der Waals surface area contributed by atoms with Crippen LogP contribution in [0.3, 0.4) is 0 Å². The van der Waals surface area contributed by atoms with Crippen LogP contribution in [0.15, 0.2) is 29.8 Å². The highest BCUT2D eigenvalue weighted by Crippen LogP contribution is 2.17. The molecule has 1 saturated heterocycles. The molecule has 6 heteroatoms. The summed E-state index contributed by atoms with van der Waals surface area (Å²) in [5.74, 6) is -0.335. The lowest BCUT2D eigenvalue weighted by atomic mass is 10.0. The second kappa shape index (κ2) is 8.88. The average molecular weight is 342 g/mol. The molecule has 1 heterocycles. The molecule has 25 heavy (non-hydrogen) atoms. The molecule has 1 atom stereocenters. The van der Waals surface area contributed by atoms with Crippen LogP contribution < -0.4 is 4.74 Å². The summed E-state index contributed by atoms with van der Waals surface area (Å²) in [6.07, 6.45) is 4.45. The zero-order valence-electron chi connectivity index (χ0n) is 14.5. The molecule has 1 aliphatic heterocycles. The molecule has 1 aromatic rings. The van der Waals surface area contributed by atoms with Crippen LogP contribution in [0.1, 0.15) is 31.7 Å². The van der Waals surface area contributed by atoms with Gasteiger partial charge in [-0.3, -0.25) is 4.79 Å². The molecule has 0 aromatic heterocycles. The second-order valence-corrected chi connectivity index (χ2v) is 5.95. The number of ether oxygens (including phenoxy) is 2. The molecule has 1 aromatic carbocycles. The summed E-state index contributed by atoms with van der Waals surface area (Å²) in [7, 11) is 1.56. The number of carbonyl (C=O) groups excluding carboxylic acids is 2. The van der Waals surface area contributed by atoms with E-state index in [9.17, 15) is 14.9 Å². The van der Waals surface area contributed by atoms with Crippen molar-refractivity contribution in [1.82, 2.24) is 4.90 Å². The molecule has 6 nitrogen and oxygen atoms in total. The number of carbonyl (C=O) groups is 2. The maximum atomic E-state index is 12.2. The Balaban J connectivity index is 1.96. The van der Waals surface area contributed by atoms with Crippen molar-refractivity contribution < 1.29 is 19.1 Å². The van der Waals surface area contributed by atoms with Gasteiger partial charge in [0.05, 0.1) is 7.11 Å². The zero-order valence-corrected chi connectivity index (χ0v) is 14.5. The van der Waals surface area contributed by atoms with E-state index in [-0.39, 0.29) is 24.1 Å². The van der Waals surface area contributed by atoms with Gasteiger partial charge in [-0.2, -0.15) is 5.26 Å². The number of nitrogens with zero attached hydrogens (tertiary/aromatic N) is 2. The summed E-state index contributed by atoms with van der Waals surface area (Å²) in [6.45, 7) is 2.33. The molecule has 0 aliphatic carbocycles. The van der Waals surface area contributed by atoms with E-state index in [2.05, 4.69) is 0 Å². The normalized spacial score (nSPS) is 17.6. The number of nitriles is 1. The van der Waals surface area contributed by atoms with Crippen molar-refractivity contribution in [3.8, 4) is 11.8 Å². The zero-order chi connectivity index (χ0) is 18.2. The van der Waals surface area contributed by atoms with Gasteiger partial charge in [0, 0.05) is 12.6 Å². The Morgan fingerprint density at radius 1 is 1.32 bits per heavy atom. The van der Waals surface area contributed by atoms with Crippen LogP contribution in [0.25, 0.3) is 6.08 Å². The minimum atomic E-state index is -0.795. The fourth-order valence-electron chi connectivity index (χ4n) is 2.76. The van der Waals surface area contributed by atoms with Crippen molar-refractivity contribution in [3.63, 3.8) is 0 Å². The number of hydrogen-bond acceptors (Lipinski definition) is 5. The van der Waals surface area contributed by atoms with Crippen LogP contribution in [0.5, 0.6) is 5.75 Å². The van der Waals surface area contributed by atoms with Gasteiger partial charge < -0.3 is 14.4 Å². The summed E-state index contributed by atoms with van der Waals surface area (Å²) in [5.41, 5.74) is 0.523. The van der Waals surface area contributed by atoms with Gasteiger partial charge in [-0.05, 0) is 50.0 Å². The van der Waals surface area contributed by atoms with Crippen molar-refractivity contribution in [1.29, 1.82) is 5.26 Å². The van der Waals surface area contributed by atoms with Gasteiger partial charge in [0.15, 0.2) is 6.61 Å². The van der Waals surface area contributed by atoms with E-state index >= 15 is 0 Å². The Bertz CT molecular complexity index is 688. The topological polar surface area (TPSA) is 79.6 Å². The number of piperidine rings is 1. The Morgan fingerprint density at radius 2 is 2.04 bits per heavy atom. The highest BCUT2D eigenvalue weighted by molar-refractivity contribution is 5.98. The molecule has 0 radical (unpaired) electrons. The number of esters is 1.